The molecule has 0 heterocycles. The highest BCUT2D eigenvalue weighted by Gasteiger charge is 2.06. The van der Waals surface area contributed by atoms with Crippen LogP contribution in [0.15, 0.2) is 48.5 Å². The number of methoxy groups -OCH3 is 1. The molecular weight excluding hydrogens is 245 g/mol. The largest absolute Gasteiger partial charge is 0.465 e. The van der Waals surface area contributed by atoms with E-state index in [4.69, 9.17) is 0 Å². The summed E-state index contributed by atoms with van der Waals surface area (Å²) in [5.74, 6) is -0.681. The number of nitrogens with one attached hydrogen (secondary N) is 1. The first-order valence-electron chi connectivity index (χ1n) is 5.86. The zero-order chi connectivity index (χ0) is 13.7. The van der Waals surface area contributed by atoms with E-state index in [1.165, 1.54) is 13.2 Å². The first kappa shape index (κ1) is 13.1. The molecule has 98 valence electrons. The Morgan fingerprint density at radius 2 is 2.00 bits per heavy atom. The van der Waals surface area contributed by atoms with Crippen LogP contribution >= 0.6 is 0 Å². The fourth-order valence-corrected chi connectivity index (χ4v) is 1.73. The highest BCUT2D eigenvalue weighted by molar-refractivity contribution is 5.89. The molecule has 0 bridgehead atoms. The molecule has 2 rings (SSSR count). The van der Waals surface area contributed by atoms with E-state index in [-0.39, 0.29) is 11.8 Å². The minimum Gasteiger partial charge on any atom is -0.465 e. The lowest BCUT2D eigenvalue weighted by atomic mass is 10.1. The molecular formula is C15H14FNO2. The van der Waals surface area contributed by atoms with Crippen LogP contribution in [0.4, 0.5) is 10.1 Å². The van der Waals surface area contributed by atoms with Gasteiger partial charge in [0.15, 0.2) is 0 Å². The van der Waals surface area contributed by atoms with Crippen molar-refractivity contribution in [1.29, 1.82) is 0 Å². The molecule has 2 aromatic rings. The first-order chi connectivity index (χ1) is 9.20. The Morgan fingerprint density at radius 1 is 1.21 bits per heavy atom. The van der Waals surface area contributed by atoms with E-state index in [9.17, 15) is 9.18 Å². The van der Waals surface area contributed by atoms with E-state index >= 15 is 0 Å². The van der Waals surface area contributed by atoms with Crippen molar-refractivity contribution in [3.05, 3.63) is 65.5 Å². The SMILES string of the molecule is COC(=O)c1cccc(CNc2ccccc2F)c1. The summed E-state index contributed by atoms with van der Waals surface area (Å²) < 4.78 is 18.1. The van der Waals surface area contributed by atoms with Gasteiger partial charge in [0.25, 0.3) is 0 Å². The molecule has 3 nitrogen and oxygen atoms in total. The van der Waals surface area contributed by atoms with Gasteiger partial charge in [-0.25, -0.2) is 9.18 Å². The normalized spacial score (nSPS) is 10.0. The topological polar surface area (TPSA) is 38.3 Å². The molecule has 0 fully saturated rings. The fraction of sp³-hybridized carbons (Fsp3) is 0.133. The molecule has 0 aliphatic carbocycles. The third-order valence-electron chi connectivity index (χ3n) is 2.70. The predicted octanol–water partition coefficient (Wildman–Crippen LogP) is 3.22. The number of hydrogen-bond donors (Lipinski definition) is 1. The van der Waals surface area contributed by atoms with E-state index in [0.717, 1.165) is 5.56 Å². The molecule has 1 N–H and O–H groups in total. The van der Waals surface area contributed by atoms with Crippen LogP contribution in [0.25, 0.3) is 0 Å². The minimum atomic E-state index is -0.382. The zero-order valence-electron chi connectivity index (χ0n) is 10.5. The van der Waals surface area contributed by atoms with Gasteiger partial charge in [-0.3, -0.25) is 0 Å². The number of para-hydroxylation sites is 1. The Labute approximate surface area is 111 Å². The average Bonchev–Trinajstić information content (AvgIpc) is 2.46. The monoisotopic (exact) mass is 259 g/mol. The summed E-state index contributed by atoms with van der Waals surface area (Å²) in [5, 5.41) is 2.99. The number of hydrogen-bond acceptors (Lipinski definition) is 3. The van der Waals surface area contributed by atoms with Crippen LogP contribution in [0.3, 0.4) is 0 Å². The van der Waals surface area contributed by atoms with Gasteiger partial charge in [-0.05, 0) is 29.8 Å². The Morgan fingerprint density at radius 3 is 2.74 bits per heavy atom. The Bertz CT molecular complexity index is 584. The molecule has 0 saturated heterocycles. The summed E-state index contributed by atoms with van der Waals surface area (Å²) in [6.45, 7) is 0.436. The van der Waals surface area contributed by atoms with Crippen molar-refractivity contribution >= 4 is 11.7 Å². The molecule has 2 aromatic carbocycles. The highest BCUT2D eigenvalue weighted by atomic mass is 19.1. The van der Waals surface area contributed by atoms with E-state index in [0.29, 0.717) is 17.8 Å². The van der Waals surface area contributed by atoms with Crippen LogP contribution < -0.4 is 5.32 Å². The molecule has 0 amide bonds. The standard InChI is InChI=1S/C15H14FNO2/c1-19-15(18)12-6-4-5-11(9-12)10-17-14-8-3-2-7-13(14)16/h2-9,17H,10H2,1H3. The summed E-state index contributed by atoms with van der Waals surface area (Å²) >= 11 is 0. The fourth-order valence-electron chi connectivity index (χ4n) is 1.73. The number of carbonyl (C=O) groups is 1. The molecule has 0 radical (unpaired) electrons. The van der Waals surface area contributed by atoms with Crippen LogP contribution in [0.2, 0.25) is 0 Å². The first-order valence-corrected chi connectivity index (χ1v) is 5.86. The van der Waals surface area contributed by atoms with Crippen molar-refractivity contribution in [2.24, 2.45) is 0 Å². The quantitative estimate of drug-likeness (QED) is 0.857. The van der Waals surface area contributed by atoms with Crippen molar-refractivity contribution in [2.45, 2.75) is 6.54 Å². The minimum absolute atomic E-state index is 0.299. The Hall–Kier alpha value is -2.36. The van der Waals surface area contributed by atoms with Crippen LogP contribution in [0.1, 0.15) is 15.9 Å². The number of ether oxygens (including phenoxy) is 1. The van der Waals surface area contributed by atoms with Gasteiger partial charge in [-0.15, -0.1) is 0 Å². The smallest absolute Gasteiger partial charge is 0.337 e. The molecule has 0 aliphatic rings. The molecule has 0 saturated carbocycles. The lowest BCUT2D eigenvalue weighted by molar-refractivity contribution is 0.0600. The second kappa shape index (κ2) is 6.00. The summed E-state index contributed by atoms with van der Waals surface area (Å²) in [7, 11) is 1.34. The zero-order valence-corrected chi connectivity index (χ0v) is 10.5. The molecule has 0 unspecified atom stereocenters. The van der Waals surface area contributed by atoms with Gasteiger partial charge < -0.3 is 10.1 Å². The third kappa shape index (κ3) is 3.31. The van der Waals surface area contributed by atoms with Gasteiger partial charge in [0.2, 0.25) is 0 Å². The van der Waals surface area contributed by atoms with Crippen LogP contribution in [-0.2, 0) is 11.3 Å². The van der Waals surface area contributed by atoms with Crippen molar-refractivity contribution in [3.8, 4) is 0 Å². The number of esters is 1. The molecule has 0 aliphatic heterocycles. The number of halogens is 1. The Kier molecular flexibility index (Phi) is 4.13. The number of anilines is 1. The van der Waals surface area contributed by atoms with Gasteiger partial charge in [0.05, 0.1) is 18.4 Å². The van der Waals surface area contributed by atoms with Crippen molar-refractivity contribution in [3.63, 3.8) is 0 Å². The van der Waals surface area contributed by atoms with E-state index in [2.05, 4.69) is 10.1 Å². The van der Waals surface area contributed by atoms with Crippen molar-refractivity contribution in [1.82, 2.24) is 0 Å². The number of benzene rings is 2. The van der Waals surface area contributed by atoms with Crippen molar-refractivity contribution in [2.75, 3.05) is 12.4 Å². The maximum atomic E-state index is 13.4. The summed E-state index contributed by atoms with van der Waals surface area (Å²) in [6, 6.07) is 13.5. The van der Waals surface area contributed by atoms with Gasteiger partial charge in [0.1, 0.15) is 5.82 Å². The summed E-state index contributed by atoms with van der Waals surface area (Å²) in [5.41, 5.74) is 1.80. The molecule has 4 heteroatoms. The second-order valence-electron chi connectivity index (χ2n) is 4.03. The number of carbonyl (C=O) groups excluding carboxylic acids is 1. The van der Waals surface area contributed by atoms with E-state index in [1.807, 2.05) is 6.07 Å². The lowest BCUT2D eigenvalue weighted by Crippen LogP contribution is -2.05. The van der Waals surface area contributed by atoms with Crippen LogP contribution in [-0.4, -0.2) is 13.1 Å². The van der Waals surface area contributed by atoms with Gasteiger partial charge in [-0.1, -0.05) is 24.3 Å². The van der Waals surface area contributed by atoms with Gasteiger partial charge in [-0.2, -0.15) is 0 Å². The maximum Gasteiger partial charge on any atom is 0.337 e. The summed E-state index contributed by atoms with van der Waals surface area (Å²) in [4.78, 5) is 11.4. The maximum absolute atomic E-state index is 13.4. The van der Waals surface area contributed by atoms with E-state index in [1.54, 1.807) is 36.4 Å². The van der Waals surface area contributed by atoms with Crippen LogP contribution in [0.5, 0.6) is 0 Å². The second-order valence-corrected chi connectivity index (χ2v) is 4.03. The van der Waals surface area contributed by atoms with Gasteiger partial charge >= 0.3 is 5.97 Å². The Balaban J connectivity index is 2.08. The van der Waals surface area contributed by atoms with E-state index < -0.39 is 0 Å². The summed E-state index contributed by atoms with van der Waals surface area (Å²) in [6.07, 6.45) is 0. The highest BCUT2D eigenvalue weighted by Crippen LogP contribution is 2.14. The lowest BCUT2D eigenvalue weighted by Gasteiger charge is -2.08. The molecule has 19 heavy (non-hydrogen) atoms. The predicted molar refractivity (Wildman–Crippen MR) is 71.5 cm³/mol. The molecule has 0 spiro atoms. The van der Waals surface area contributed by atoms with Gasteiger partial charge in [0, 0.05) is 6.54 Å². The third-order valence-corrected chi connectivity index (χ3v) is 2.70. The molecule has 0 aromatic heterocycles. The average molecular weight is 259 g/mol. The molecule has 0 atom stereocenters. The van der Waals surface area contributed by atoms with Crippen molar-refractivity contribution < 1.29 is 13.9 Å². The number of rotatable bonds is 4. The van der Waals surface area contributed by atoms with Crippen LogP contribution in [0, 0.1) is 5.82 Å².